The number of hydrogen-bond donors (Lipinski definition) is 2. The maximum Gasteiger partial charge on any atom is 0.336 e. The fraction of sp³-hybridized carbons (Fsp3) is 0.222. The van der Waals surface area contributed by atoms with Gasteiger partial charge in [-0.05, 0) is 18.1 Å². The number of hydrogen-bond acceptors (Lipinski definition) is 4. The van der Waals surface area contributed by atoms with Crippen molar-refractivity contribution in [1.29, 1.82) is 0 Å². The molecule has 0 aliphatic heterocycles. The van der Waals surface area contributed by atoms with Gasteiger partial charge in [0.25, 0.3) is 0 Å². The van der Waals surface area contributed by atoms with Crippen molar-refractivity contribution in [2.75, 3.05) is 0 Å². The van der Waals surface area contributed by atoms with Crippen molar-refractivity contribution in [3.63, 3.8) is 0 Å². The van der Waals surface area contributed by atoms with Gasteiger partial charge in [0.05, 0.1) is 10.5 Å². The van der Waals surface area contributed by atoms with E-state index in [1.54, 1.807) is 6.92 Å². The number of aromatic hydroxyl groups is 1. The predicted octanol–water partition coefficient (Wildman–Crippen LogP) is 1.56. The van der Waals surface area contributed by atoms with Crippen molar-refractivity contribution in [2.24, 2.45) is 0 Å². The number of carbonyl (C=O) groups is 1. The summed E-state index contributed by atoms with van der Waals surface area (Å²) >= 11 is 0. The topological polar surface area (TPSA) is 101 Å². The average Bonchev–Trinajstić information content (AvgIpc) is 2.16. The van der Waals surface area contributed by atoms with Gasteiger partial charge in [0, 0.05) is 6.07 Å². The molecular weight excluding hydrogens is 202 g/mol. The van der Waals surface area contributed by atoms with E-state index in [9.17, 15) is 20.0 Å². The lowest BCUT2D eigenvalue weighted by atomic mass is 10.0. The molecule has 0 amide bonds. The van der Waals surface area contributed by atoms with Crippen molar-refractivity contribution in [3.05, 3.63) is 33.4 Å². The summed E-state index contributed by atoms with van der Waals surface area (Å²) in [7, 11) is 0. The highest BCUT2D eigenvalue weighted by Gasteiger charge is 2.20. The maximum atomic E-state index is 10.8. The summed E-state index contributed by atoms with van der Waals surface area (Å²) in [5, 5.41) is 28.5. The SMILES string of the molecule is CCc1cc(O)c([N+](=O)[O-])cc1C(=O)O. The molecule has 0 aliphatic carbocycles. The largest absolute Gasteiger partial charge is 0.502 e. The van der Waals surface area contributed by atoms with E-state index in [4.69, 9.17) is 5.11 Å². The zero-order valence-electron chi connectivity index (χ0n) is 7.93. The van der Waals surface area contributed by atoms with E-state index in [0.717, 1.165) is 12.1 Å². The van der Waals surface area contributed by atoms with Gasteiger partial charge >= 0.3 is 11.7 Å². The van der Waals surface area contributed by atoms with Crippen molar-refractivity contribution >= 4 is 11.7 Å². The number of aryl methyl sites for hydroxylation is 1. The third kappa shape index (κ3) is 2.04. The second-order valence-corrected chi connectivity index (χ2v) is 2.91. The third-order valence-corrected chi connectivity index (χ3v) is 2.01. The molecule has 6 heteroatoms. The first-order valence-electron chi connectivity index (χ1n) is 4.21. The predicted molar refractivity (Wildman–Crippen MR) is 51.1 cm³/mol. The Bertz CT molecular complexity index is 427. The number of rotatable bonds is 3. The number of carboxylic acid groups (broad SMARTS) is 1. The summed E-state index contributed by atoms with van der Waals surface area (Å²) in [6, 6.07) is 1.98. The third-order valence-electron chi connectivity index (χ3n) is 2.01. The van der Waals surface area contributed by atoms with Gasteiger partial charge in [0.2, 0.25) is 0 Å². The van der Waals surface area contributed by atoms with Crippen LogP contribution in [-0.4, -0.2) is 21.1 Å². The van der Waals surface area contributed by atoms with Gasteiger partial charge in [-0.25, -0.2) is 4.79 Å². The van der Waals surface area contributed by atoms with Crippen LogP contribution in [0.25, 0.3) is 0 Å². The van der Waals surface area contributed by atoms with Crippen molar-refractivity contribution in [3.8, 4) is 5.75 Å². The zero-order valence-corrected chi connectivity index (χ0v) is 7.93. The molecule has 2 N–H and O–H groups in total. The molecule has 1 aromatic rings. The van der Waals surface area contributed by atoms with Crippen LogP contribution in [0.4, 0.5) is 5.69 Å². The Balaban J connectivity index is 3.43. The molecule has 6 nitrogen and oxygen atoms in total. The van der Waals surface area contributed by atoms with Gasteiger partial charge in [-0.1, -0.05) is 6.92 Å². The minimum absolute atomic E-state index is 0.151. The molecule has 0 unspecified atom stereocenters. The Hall–Kier alpha value is -2.11. The molecule has 0 fully saturated rings. The van der Waals surface area contributed by atoms with Gasteiger partial charge < -0.3 is 10.2 Å². The molecular formula is C9H9NO5. The first kappa shape index (κ1) is 11.0. The van der Waals surface area contributed by atoms with E-state index >= 15 is 0 Å². The standard InChI is InChI=1S/C9H9NO5/c1-2-5-3-8(11)7(10(14)15)4-6(5)9(12)13/h3-4,11H,2H2,1H3,(H,12,13). The van der Waals surface area contributed by atoms with Crippen LogP contribution in [0, 0.1) is 10.1 Å². The van der Waals surface area contributed by atoms with Crippen molar-refractivity contribution in [2.45, 2.75) is 13.3 Å². The van der Waals surface area contributed by atoms with E-state index < -0.39 is 22.3 Å². The van der Waals surface area contributed by atoms with Crippen LogP contribution < -0.4 is 0 Å². The van der Waals surface area contributed by atoms with Crippen molar-refractivity contribution in [1.82, 2.24) is 0 Å². The number of nitro groups is 1. The maximum absolute atomic E-state index is 10.8. The number of phenols is 1. The Labute approximate surface area is 84.9 Å². The highest BCUT2D eigenvalue weighted by molar-refractivity contribution is 5.90. The summed E-state index contributed by atoms with van der Waals surface area (Å²) in [5.41, 5.74) is -0.378. The van der Waals surface area contributed by atoms with Crippen LogP contribution in [0.1, 0.15) is 22.8 Å². The van der Waals surface area contributed by atoms with Gasteiger partial charge in [-0.3, -0.25) is 10.1 Å². The van der Waals surface area contributed by atoms with Gasteiger partial charge in [0.1, 0.15) is 0 Å². The smallest absolute Gasteiger partial charge is 0.336 e. The molecule has 0 saturated carbocycles. The zero-order chi connectivity index (χ0) is 11.6. The molecule has 0 spiro atoms. The number of aromatic carboxylic acids is 1. The molecule has 0 aliphatic rings. The summed E-state index contributed by atoms with van der Waals surface area (Å²) in [5.74, 6) is -1.75. The van der Waals surface area contributed by atoms with Crippen LogP contribution >= 0.6 is 0 Å². The molecule has 0 bridgehead atoms. The second-order valence-electron chi connectivity index (χ2n) is 2.91. The van der Waals surface area contributed by atoms with Crippen LogP contribution in [0.15, 0.2) is 12.1 Å². The van der Waals surface area contributed by atoms with Gasteiger partial charge in [-0.15, -0.1) is 0 Å². The highest BCUT2D eigenvalue weighted by Crippen LogP contribution is 2.29. The Morgan fingerprint density at radius 1 is 1.53 bits per heavy atom. The molecule has 15 heavy (non-hydrogen) atoms. The quantitative estimate of drug-likeness (QED) is 0.583. The molecule has 1 aromatic carbocycles. The fourth-order valence-electron chi connectivity index (χ4n) is 1.26. The molecule has 1 rings (SSSR count). The molecule has 0 radical (unpaired) electrons. The lowest BCUT2D eigenvalue weighted by Gasteiger charge is -2.04. The second kappa shape index (κ2) is 3.95. The lowest BCUT2D eigenvalue weighted by Crippen LogP contribution is -2.03. The summed E-state index contributed by atoms with van der Waals surface area (Å²) < 4.78 is 0. The minimum Gasteiger partial charge on any atom is -0.502 e. The highest BCUT2D eigenvalue weighted by atomic mass is 16.6. The average molecular weight is 211 g/mol. The number of nitrogens with zero attached hydrogens (tertiary/aromatic N) is 1. The monoisotopic (exact) mass is 211 g/mol. The number of carboxylic acids is 1. The Morgan fingerprint density at radius 2 is 2.13 bits per heavy atom. The van der Waals surface area contributed by atoms with E-state index in [1.165, 1.54) is 0 Å². The molecule has 80 valence electrons. The summed E-state index contributed by atoms with van der Waals surface area (Å²) in [6.07, 6.45) is 0.382. The van der Waals surface area contributed by atoms with E-state index in [0.29, 0.717) is 12.0 Å². The van der Waals surface area contributed by atoms with Crippen LogP contribution in [-0.2, 0) is 6.42 Å². The first-order chi connectivity index (χ1) is 6.97. The lowest BCUT2D eigenvalue weighted by molar-refractivity contribution is -0.385. The number of phenolic OH excluding ortho intramolecular Hbond substituents is 1. The van der Waals surface area contributed by atoms with Gasteiger partial charge in [-0.2, -0.15) is 0 Å². The van der Waals surface area contributed by atoms with E-state index in [1.807, 2.05) is 0 Å². The van der Waals surface area contributed by atoms with Crippen molar-refractivity contribution < 1.29 is 19.9 Å². The normalized spacial score (nSPS) is 9.93. The van der Waals surface area contributed by atoms with E-state index in [2.05, 4.69) is 0 Å². The molecule has 0 heterocycles. The summed E-state index contributed by atoms with van der Waals surface area (Å²) in [4.78, 5) is 20.4. The molecule has 0 saturated heterocycles. The molecule has 0 aromatic heterocycles. The number of benzene rings is 1. The first-order valence-corrected chi connectivity index (χ1v) is 4.21. The van der Waals surface area contributed by atoms with Crippen LogP contribution in [0.2, 0.25) is 0 Å². The van der Waals surface area contributed by atoms with Crippen LogP contribution in [0.5, 0.6) is 5.75 Å². The van der Waals surface area contributed by atoms with E-state index in [-0.39, 0.29) is 5.56 Å². The fourth-order valence-corrected chi connectivity index (χ4v) is 1.26. The van der Waals surface area contributed by atoms with Gasteiger partial charge in [0.15, 0.2) is 5.75 Å². The summed E-state index contributed by atoms with van der Waals surface area (Å²) in [6.45, 7) is 1.70. The number of nitro benzene ring substituents is 1. The molecule has 0 atom stereocenters. The Kier molecular flexibility index (Phi) is 2.89. The van der Waals surface area contributed by atoms with Crippen LogP contribution in [0.3, 0.4) is 0 Å². The minimum atomic E-state index is -1.24. The Morgan fingerprint density at radius 3 is 2.53 bits per heavy atom.